The third-order valence-corrected chi connectivity index (χ3v) is 4.72. The lowest BCUT2D eigenvalue weighted by Gasteiger charge is -2.37. The van der Waals surface area contributed by atoms with Crippen LogP contribution in [-0.4, -0.2) is 11.4 Å². The fourth-order valence-corrected chi connectivity index (χ4v) is 2.00. The summed E-state index contributed by atoms with van der Waals surface area (Å²) in [6.45, 7) is 7.42. The Balaban J connectivity index is 2.98. The molecule has 1 rings (SSSR count). The quantitative estimate of drug-likeness (QED) is 0.726. The Kier molecular flexibility index (Phi) is 4.83. The van der Waals surface area contributed by atoms with E-state index in [2.05, 4.69) is 43.8 Å². The maximum absolute atomic E-state index is 12.3. The van der Waals surface area contributed by atoms with Crippen molar-refractivity contribution in [3.05, 3.63) is 26.2 Å². The number of amides is 1. The first kappa shape index (κ1) is 15.9. The van der Waals surface area contributed by atoms with Crippen molar-refractivity contribution in [3.63, 3.8) is 0 Å². The Morgan fingerprint density at radius 1 is 1.33 bits per heavy atom. The number of carbonyl (C=O) groups excluding carboxylic acids is 1. The van der Waals surface area contributed by atoms with Crippen LogP contribution in [0.3, 0.4) is 0 Å². The Morgan fingerprint density at radius 3 is 2.39 bits per heavy atom. The number of carbonyl (C=O) groups is 1. The molecule has 0 aromatic heterocycles. The van der Waals surface area contributed by atoms with Crippen LogP contribution in [0, 0.1) is 8.99 Å². The van der Waals surface area contributed by atoms with Gasteiger partial charge in [0.05, 0.1) is 11.1 Å². The minimum Gasteiger partial charge on any atom is -0.325 e. The molecule has 3 N–H and O–H groups in total. The lowest BCUT2D eigenvalue weighted by atomic mass is 9.74. The van der Waals surface area contributed by atoms with Gasteiger partial charge < -0.3 is 11.1 Å². The lowest BCUT2D eigenvalue weighted by Crippen LogP contribution is -2.53. The van der Waals surface area contributed by atoms with Gasteiger partial charge in [-0.05, 0) is 84.4 Å². The monoisotopic (exact) mass is 424 g/mol. The summed E-state index contributed by atoms with van der Waals surface area (Å²) in [6.07, 6.45) is 0. The molecular weight excluding hydrogens is 407 g/mol. The molecule has 1 aromatic rings. The van der Waals surface area contributed by atoms with Gasteiger partial charge in [-0.15, -0.1) is 0 Å². The van der Waals surface area contributed by atoms with Gasteiger partial charge in [-0.1, -0.05) is 0 Å². The minimum atomic E-state index is -0.659. The smallest absolute Gasteiger partial charge is 0.231 e. The first-order valence-corrected chi connectivity index (χ1v) is 7.48. The third kappa shape index (κ3) is 3.45. The second-order valence-corrected chi connectivity index (χ2v) is 7.52. The average molecular weight is 425 g/mol. The molecule has 1 aromatic carbocycles. The van der Waals surface area contributed by atoms with Crippen molar-refractivity contribution in [1.29, 1.82) is 0 Å². The molecule has 0 heterocycles. The van der Waals surface area contributed by atoms with E-state index in [1.807, 2.05) is 45.9 Å². The Hall–Kier alpha value is -0.140. The van der Waals surface area contributed by atoms with Gasteiger partial charge in [0, 0.05) is 13.6 Å². The molecule has 0 aliphatic carbocycles. The minimum absolute atomic E-state index is 0.0855. The van der Waals surface area contributed by atoms with Crippen molar-refractivity contribution in [2.24, 2.45) is 11.1 Å². The largest absolute Gasteiger partial charge is 0.325 e. The summed E-state index contributed by atoms with van der Waals surface area (Å²) in [5, 5.41) is 2.93. The van der Waals surface area contributed by atoms with Crippen LogP contribution in [0.25, 0.3) is 0 Å². The zero-order valence-electron chi connectivity index (χ0n) is 11.0. The predicted molar refractivity (Wildman–Crippen MR) is 87.5 cm³/mol. The number of nitrogens with two attached hydrogens (primary N) is 1. The van der Waals surface area contributed by atoms with Crippen LogP contribution in [0.5, 0.6) is 0 Å². The van der Waals surface area contributed by atoms with Gasteiger partial charge in [-0.3, -0.25) is 4.79 Å². The normalized spacial score (nSPS) is 12.4. The van der Waals surface area contributed by atoms with E-state index in [0.29, 0.717) is 0 Å². The van der Waals surface area contributed by atoms with Gasteiger partial charge in [0.25, 0.3) is 0 Å². The number of hydrogen-bond acceptors (Lipinski definition) is 2. The summed E-state index contributed by atoms with van der Waals surface area (Å²) in [7, 11) is 0. The highest BCUT2D eigenvalue weighted by Gasteiger charge is 2.40. The van der Waals surface area contributed by atoms with Crippen LogP contribution >= 0.6 is 38.5 Å². The Labute approximate surface area is 130 Å². The van der Waals surface area contributed by atoms with Crippen LogP contribution in [-0.2, 0) is 4.79 Å². The highest BCUT2D eigenvalue weighted by Crippen LogP contribution is 2.32. The van der Waals surface area contributed by atoms with Gasteiger partial charge in [0.2, 0.25) is 5.91 Å². The number of nitrogens with one attached hydrogen (secondary N) is 1. The second-order valence-electron chi connectivity index (χ2n) is 5.42. The predicted octanol–water partition coefficient (Wildman–Crippen LogP) is 3.76. The fourth-order valence-electron chi connectivity index (χ4n) is 1.16. The maximum atomic E-state index is 12.3. The van der Waals surface area contributed by atoms with Crippen LogP contribution in [0.1, 0.15) is 27.7 Å². The molecule has 0 saturated heterocycles. The number of rotatable bonds is 3. The molecule has 18 heavy (non-hydrogen) atoms. The standard InChI is InChI=1S/C13H18BrIN2O/c1-12(2,13(3,4)16)11(18)17-10-7-8(15)5-6-9(10)14/h5-7H,16H2,1-4H3,(H,17,18). The maximum Gasteiger partial charge on any atom is 0.231 e. The van der Waals surface area contributed by atoms with Crippen molar-refractivity contribution < 1.29 is 4.79 Å². The van der Waals surface area contributed by atoms with Crippen molar-refractivity contribution in [2.75, 3.05) is 5.32 Å². The van der Waals surface area contributed by atoms with Crippen LogP contribution in [0.2, 0.25) is 0 Å². The Morgan fingerprint density at radius 2 is 1.89 bits per heavy atom. The molecule has 100 valence electrons. The number of benzene rings is 1. The summed E-state index contributed by atoms with van der Waals surface area (Å²) in [4.78, 5) is 12.3. The molecule has 0 bridgehead atoms. The van der Waals surface area contributed by atoms with Crippen molar-refractivity contribution in [3.8, 4) is 0 Å². The summed E-state index contributed by atoms with van der Waals surface area (Å²) in [5.41, 5.74) is 5.58. The van der Waals surface area contributed by atoms with Crippen LogP contribution in [0.15, 0.2) is 22.7 Å². The van der Waals surface area contributed by atoms with Crippen LogP contribution in [0.4, 0.5) is 5.69 Å². The third-order valence-electron chi connectivity index (χ3n) is 3.36. The number of hydrogen-bond donors (Lipinski definition) is 2. The first-order chi connectivity index (χ1) is 8.05. The van der Waals surface area contributed by atoms with E-state index >= 15 is 0 Å². The van der Waals surface area contributed by atoms with E-state index in [9.17, 15) is 4.79 Å². The Bertz CT molecular complexity index is 467. The number of anilines is 1. The molecule has 0 unspecified atom stereocenters. The van der Waals surface area contributed by atoms with Gasteiger partial charge in [-0.25, -0.2) is 0 Å². The van der Waals surface area contributed by atoms with E-state index < -0.39 is 11.0 Å². The fraction of sp³-hybridized carbons (Fsp3) is 0.462. The van der Waals surface area contributed by atoms with E-state index in [4.69, 9.17) is 5.73 Å². The molecule has 0 spiro atoms. The van der Waals surface area contributed by atoms with Crippen molar-refractivity contribution in [1.82, 2.24) is 0 Å². The van der Waals surface area contributed by atoms with E-state index in [1.54, 1.807) is 0 Å². The van der Waals surface area contributed by atoms with Crippen molar-refractivity contribution >= 4 is 50.1 Å². The van der Waals surface area contributed by atoms with Crippen molar-refractivity contribution in [2.45, 2.75) is 33.2 Å². The van der Waals surface area contributed by atoms with E-state index in [-0.39, 0.29) is 5.91 Å². The zero-order chi connectivity index (χ0) is 14.1. The molecular formula is C13H18BrIN2O. The van der Waals surface area contributed by atoms with Crippen LogP contribution < -0.4 is 11.1 Å². The zero-order valence-corrected chi connectivity index (χ0v) is 14.7. The molecule has 0 saturated carbocycles. The number of halogens is 2. The van der Waals surface area contributed by atoms with Gasteiger partial charge >= 0.3 is 0 Å². The molecule has 0 aliphatic rings. The summed E-state index contributed by atoms with van der Waals surface area (Å²) < 4.78 is 1.93. The summed E-state index contributed by atoms with van der Waals surface area (Å²) in [6, 6.07) is 5.80. The molecule has 0 radical (unpaired) electrons. The first-order valence-electron chi connectivity index (χ1n) is 5.61. The lowest BCUT2D eigenvalue weighted by molar-refractivity contribution is -0.126. The molecule has 0 aliphatic heterocycles. The van der Waals surface area contributed by atoms with Gasteiger partial charge in [0.15, 0.2) is 0 Å². The second kappa shape index (κ2) is 5.46. The molecule has 5 heteroatoms. The average Bonchev–Trinajstić information content (AvgIpc) is 2.21. The topological polar surface area (TPSA) is 55.1 Å². The van der Waals surface area contributed by atoms with Gasteiger partial charge in [0.1, 0.15) is 0 Å². The summed E-state index contributed by atoms with van der Waals surface area (Å²) >= 11 is 5.64. The molecule has 0 fully saturated rings. The van der Waals surface area contributed by atoms with E-state index in [0.717, 1.165) is 13.7 Å². The van der Waals surface area contributed by atoms with Gasteiger partial charge in [-0.2, -0.15) is 0 Å². The highest BCUT2D eigenvalue weighted by molar-refractivity contribution is 14.1. The SMILES string of the molecule is CC(C)(N)C(C)(C)C(=O)Nc1cc(I)ccc1Br. The highest BCUT2D eigenvalue weighted by atomic mass is 127. The molecule has 1 amide bonds. The van der Waals surface area contributed by atoms with E-state index in [1.165, 1.54) is 0 Å². The molecule has 0 atom stereocenters. The summed E-state index contributed by atoms with van der Waals surface area (Å²) in [5.74, 6) is -0.0855. The molecule has 3 nitrogen and oxygen atoms in total.